The molecule has 42 heavy (non-hydrogen) atoms. The van der Waals surface area contributed by atoms with Gasteiger partial charge in [0.05, 0.1) is 5.69 Å². The number of rotatable bonds is 5. The molecule has 2 N–H and O–H groups in total. The Labute approximate surface area is 237 Å². The molecule has 3 fully saturated rings. The van der Waals surface area contributed by atoms with Crippen LogP contribution in [-0.2, 0) is 20.9 Å². The van der Waals surface area contributed by atoms with Crippen LogP contribution < -0.4 is 0 Å². The van der Waals surface area contributed by atoms with Gasteiger partial charge in [-0.05, 0) is 48.9 Å². The normalized spacial score (nSPS) is 21.2. The van der Waals surface area contributed by atoms with E-state index in [1.165, 1.54) is 44.2 Å². The lowest BCUT2D eigenvalue weighted by Gasteiger charge is -2.30. The maximum absolute atomic E-state index is 12.8. The first-order valence-corrected chi connectivity index (χ1v) is 13.4. The summed E-state index contributed by atoms with van der Waals surface area (Å²) >= 11 is 0. The van der Waals surface area contributed by atoms with E-state index in [0.717, 1.165) is 31.1 Å². The summed E-state index contributed by atoms with van der Waals surface area (Å²) in [7, 11) is 0. The lowest BCUT2D eigenvalue weighted by molar-refractivity contribution is -0.193. The molecule has 1 amide bonds. The van der Waals surface area contributed by atoms with Gasteiger partial charge in [-0.3, -0.25) is 9.69 Å². The fourth-order valence-electron chi connectivity index (χ4n) is 5.52. The lowest BCUT2D eigenvalue weighted by atomic mass is 9.89. The Morgan fingerprint density at radius 2 is 1.45 bits per heavy atom. The van der Waals surface area contributed by atoms with Gasteiger partial charge in [0.1, 0.15) is 0 Å². The van der Waals surface area contributed by atoms with Crippen LogP contribution in [0, 0.1) is 5.92 Å². The second kappa shape index (κ2) is 14.0. The third-order valence-electron chi connectivity index (χ3n) is 7.49. The molecular weight excluding hydrogens is 574 g/mol. The van der Waals surface area contributed by atoms with E-state index in [2.05, 4.69) is 39.2 Å². The Morgan fingerprint density at radius 1 is 0.881 bits per heavy atom. The molecule has 232 valence electrons. The number of benzene rings is 1. The predicted molar refractivity (Wildman–Crippen MR) is 136 cm³/mol. The van der Waals surface area contributed by atoms with Crippen molar-refractivity contribution in [1.82, 2.24) is 19.6 Å². The Kier molecular flexibility index (Phi) is 11.0. The molecule has 5 rings (SSSR count). The number of halogens is 6. The van der Waals surface area contributed by atoms with Crippen molar-refractivity contribution >= 4 is 17.8 Å². The van der Waals surface area contributed by atoms with Crippen LogP contribution in [0.2, 0.25) is 0 Å². The zero-order valence-electron chi connectivity index (χ0n) is 22.5. The van der Waals surface area contributed by atoms with Crippen LogP contribution in [0.25, 0.3) is 5.69 Å². The Bertz CT molecular complexity index is 1160. The standard InChI is InChI=1S/C23H30N4O.2C2HF3O2/c28-23-15-22-21(11-14-25(22)16-18-5-2-1-3-6-18)26(23)17-19-7-9-20(10-8-19)27-13-4-12-24-27;2*3-2(4,5)1(6)7/h4,7-10,12-13,18,21-22H,1-3,5-6,11,14-17H2;2*(H,6,7)/t21-,22-;;/m0../s1. The molecule has 3 aliphatic rings. The van der Waals surface area contributed by atoms with Crippen LogP contribution in [0.1, 0.15) is 50.5 Å². The van der Waals surface area contributed by atoms with E-state index < -0.39 is 24.3 Å². The number of carbonyl (C=O) groups is 3. The van der Waals surface area contributed by atoms with E-state index >= 15 is 0 Å². The highest BCUT2D eigenvalue weighted by molar-refractivity contribution is 5.80. The number of aliphatic carboxylic acids is 2. The smallest absolute Gasteiger partial charge is 0.475 e. The number of amides is 1. The molecule has 0 radical (unpaired) electrons. The van der Waals surface area contributed by atoms with Gasteiger partial charge in [-0.1, -0.05) is 31.4 Å². The maximum atomic E-state index is 12.8. The topological polar surface area (TPSA) is 116 Å². The number of nitrogens with zero attached hydrogens (tertiary/aromatic N) is 4. The highest BCUT2D eigenvalue weighted by Gasteiger charge is 2.46. The second-order valence-electron chi connectivity index (χ2n) is 10.4. The fraction of sp³-hybridized carbons (Fsp3) is 0.556. The summed E-state index contributed by atoms with van der Waals surface area (Å²) in [6, 6.07) is 11.2. The molecule has 2 aromatic rings. The van der Waals surface area contributed by atoms with E-state index in [1.807, 2.05) is 16.9 Å². The van der Waals surface area contributed by atoms with Gasteiger partial charge in [0.2, 0.25) is 5.91 Å². The van der Waals surface area contributed by atoms with Gasteiger partial charge in [-0.2, -0.15) is 31.4 Å². The Balaban J connectivity index is 0.000000289. The van der Waals surface area contributed by atoms with Crippen molar-refractivity contribution in [2.75, 3.05) is 13.1 Å². The van der Waals surface area contributed by atoms with Crippen LogP contribution in [0.4, 0.5) is 26.3 Å². The van der Waals surface area contributed by atoms with Crippen molar-refractivity contribution in [3.63, 3.8) is 0 Å². The van der Waals surface area contributed by atoms with Gasteiger partial charge in [0.25, 0.3) is 0 Å². The summed E-state index contributed by atoms with van der Waals surface area (Å²) in [5.74, 6) is -4.33. The minimum atomic E-state index is -5.08. The van der Waals surface area contributed by atoms with E-state index in [-0.39, 0.29) is 0 Å². The molecule has 2 atom stereocenters. The monoisotopic (exact) mass is 606 g/mol. The van der Waals surface area contributed by atoms with Crippen molar-refractivity contribution in [1.29, 1.82) is 0 Å². The van der Waals surface area contributed by atoms with E-state index in [4.69, 9.17) is 19.8 Å². The molecular formula is C27H32F6N4O5. The summed E-state index contributed by atoms with van der Waals surface area (Å²) in [5, 5.41) is 18.5. The van der Waals surface area contributed by atoms with E-state index in [1.54, 1.807) is 6.20 Å². The first-order chi connectivity index (χ1) is 19.7. The SMILES string of the molecule is O=C(O)C(F)(F)F.O=C(O)C(F)(F)F.O=C1C[C@H]2[C@H](CCN2CC2CCCCC2)N1Cc1ccc(-n2cccn2)cc1. The van der Waals surface area contributed by atoms with Gasteiger partial charge in [-0.25, -0.2) is 14.3 Å². The van der Waals surface area contributed by atoms with Crippen molar-refractivity contribution in [3.8, 4) is 5.69 Å². The lowest BCUT2D eigenvalue weighted by Crippen LogP contribution is -2.39. The molecule has 0 bridgehead atoms. The van der Waals surface area contributed by atoms with Gasteiger partial charge >= 0.3 is 24.3 Å². The molecule has 0 spiro atoms. The van der Waals surface area contributed by atoms with E-state index in [9.17, 15) is 31.1 Å². The quantitative estimate of drug-likeness (QED) is 0.466. The minimum Gasteiger partial charge on any atom is -0.475 e. The Hall–Kier alpha value is -3.62. The highest BCUT2D eigenvalue weighted by Crippen LogP contribution is 2.35. The summed E-state index contributed by atoms with van der Waals surface area (Å²) in [4.78, 5) is 35.3. The van der Waals surface area contributed by atoms with Gasteiger partial charge in [0, 0.05) is 50.5 Å². The molecule has 9 nitrogen and oxygen atoms in total. The number of carbonyl (C=O) groups excluding carboxylic acids is 1. The highest BCUT2D eigenvalue weighted by atomic mass is 19.4. The molecule has 1 aliphatic carbocycles. The summed E-state index contributed by atoms with van der Waals surface area (Å²) in [6.45, 7) is 3.10. The zero-order chi connectivity index (χ0) is 31.1. The zero-order valence-corrected chi connectivity index (χ0v) is 22.5. The van der Waals surface area contributed by atoms with E-state index in [0.29, 0.717) is 24.4 Å². The molecule has 2 aliphatic heterocycles. The van der Waals surface area contributed by atoms with Crippen LogP contribution in [0.3, 0.4) is 0 Å². The number of alkyl halides is 6. The average molecular weight is 607 g/mol. The molecule has 1 aromatic carbocycles. The molecule has 2 saturated heterocycles. The summed E-state index contributed by atoms with van der Waals surface area (Å²) in [5.41, 5.74) is 2.26. The van der Waals surface area contributed by atoms with Crippen LogP contribution in [0.15, 0.2) is 42.7 Å². The van der Waals surface area contributed by atoms with Crippen molar-refractivity contribution in [2.24, 2.45) is 5.92 Å². The fourth-order valence-corrected chi connectivity index (χ4v) is 5.52. The van der Waals surface area contributed by atoms with Crippen LogP contribution in [-0.4, -0.2) is 85.2 Å². The van der Waals surface area contributed by atoms with Gasteiger partial charge in [0.15, 0.2) is 0 Å². The number of carboxylic acids is 2. The molecule has 15 heteroatoms. The number of hydrogen-bond acceptors (Lipinski definition) is 5. The van der Waals surface area contributed by atoms with Crippen LogP contribution in [0.5, 0.6) is 0 Å². The molecule has 0 unspecified atom stereocenters. The maximum Gasteiger partial charge on any atom is 0.490 e. The van der Waals surface area contributed by atoms with Gasteiger partial charge < -0.3 is 15.1 Å². The van der Waals surface area contributed by atoms with Crippen LogP contribution >= 0.6 is 0 Å². The Morgan fingerprint density at radius 3 is 1.95 bits per heavy atom. The first kappa shape index (κ1) is 32.9. The molecule has 1 aromatic heterocycles. The van der Waals surface area contributed by atoms with Gasteiger partial charge in [-0.15, -0.1) is 0 Å². The number of likely N-dealkylation sites (tertiary alicyclic amines) is 2. The predicted octanol–water partition coefficient (Wildman–Crippen LogP) is 4.89. The van der Waals surface area contributed by atoms with Crippen molar-refractivity contribution in [3.05, 3.63) is 48.3 Å². The number of aromatic nitrogens is 2. The van der Waals surface area contributed by atoms with Crippen molar-refractivity contribution in [2.45, 2.75) is 75.9 Å². The summed E-state index contributed by atoms with van der Waals surface area (Å²) in [6.07, 6.45) is 2.38. The summed E-state index contributed by atoms with van der Waals surface area (Å²) < 4.78 is 65.3. The third kappa shape index (κ3) is 9.19. The number of hydrogen-bond donors (Lipinski definition) is 2. The number of fused-ring (bicyclic) bond motifs is 1. The van der Waals surface area contributed by atoms with Crippen molar-refractivity contribution < 1.29 is 50.9 Å². The average Bonchev–Trinajstić information content (AvgIpc) is 3.65. The first-order valence-electron chi connectivity index (χ1n) is 13.4. The third-order valence-corrected chi connectivity index (χ3v) is 7.49. The number of carboxylic acid groups (broad SMARTS) is 2. The minimum absolute atomic E-state index is 0.333. The molecule has 1 saturated carbocycles. The molecule has 3 heterocycles. The largest absolute Gasteiger partial charge is 0.490 e. The second-order valence-corrected chi connectivity index (χ2v) is 10.4.